The van der Waals surface area contributed by atoms with E-state index in [1.54, 1.807) is 13.8 Å². The average Bonchev–Trinajstić information content (AvgIpc) is 3.23. The van der Waals surface area contributed by atoms with E-state index in [9.17, 15) is 34.7 Å². The molecule has 0 heterocycles. The van der Waals surface area contributed by atoms with E-state index in [2.05, 4.69) is 34.6 Å². The molecule has 2 N–H and O–H groups in total. The van der Waals surface area contributed by atoms with Crippen LogP contribution in [0.5, 0.6) is 0 Å². The highest BCUT2D eigenvalue weighted by atomic mass is 16.6. The van der Waals surface area contributed by atoms with Crippen LogP contribution in [0.15, 0.2) is 11.1 Å². The van der Waals surface area contributed by atoms with Gasteiger partial charge in [-0.15, -0.1) is 0 Å². The first-order valence-corrected chi connectivity index (χ1v) is 17.6. The molecule has 0 aromatic heterocycles. The molecule has 0 aromatic carbocycles. The number of aliphatic hydroxyl groups is 1. The summed E-state index contributed by atoms with van der Waals surface area (Å²) in [6.45, 7) is 18.4. The Kier molecular flexibility index (Phi) is 8.47. The third-order valence-electron chi connectivity index (χ3n) is 14.8. The Morgan fingerprint density at radius 1 is 0.978 bits per heavy atom. The molecule has 0 bridgehead atoms. The van der Waals surface area contributed by atoms with E-state index in [0.29, 0.717) is 18.3 Å². The van der Waals surface area contributed by atoms with Crippen LogP contribution in [-0.2, 0) is 19.1 Å². The number of aliphatic hydroxyl groups excluding tert-OH is 1. The van der Waals surface area contributed by atoms with Crippen molar-refractivity contribution in [2.75, 3.05) is 6.54 Å². The molecular formula is C37H57NO8. The van der Waals surface area contributed by atoms with E-state index >= 15 is 0 Å². The summed E-state index contributed by atoms with van der Waals surface area (Å²) >= 11 is 0. The van der Waals surface area contributed by atoms with Crippen molar-refractivity contribution in [3.8, 4) is 0 Å². The van der Waals surface area contributed by atoms with Gasteiger partial charge in [-0.05, 0) is 111 Å². The molecule has 9 heteroatoms. The van der Waals surface area contributed by atoms with Crippen LogP contribution in [0.1, 0.15) is 127 Å². The van der Waals surface area contributed by atoms with Crippen molar-refractivity contribution in [3.63, 3.8) is 0 Å². The number of rotatable bonds is 8. The Morgan fingerprint density at radius 2 is 1.63 bits per heavy atom. The standard InChI is InChI=1S/C37H57NO8/c1-21(2)29-23(39)18-37(26(40)20-38(44)45)17-16-35(8)22(30(29)37)10-11-25-34(7)14-13-27(46-28(41)19-32(3,4)31(42)43)33(5,6)24(34)12-15-36(25,35)9/h21-22,24-27,40H,10-20H2,1-9H3,(H,42,43)/t22-,24+,25-,26+,27+,34+,35-,36-,37+/m1/s1. The van der Waals surface area contributed by atoms with Crippen molar-refractivity contribution >= 4 is 17.7 Å². The monoisotopic (exact) mass is 643 g/mol. The number of ketones is 1. The number of esters is 1. The van der Waals surface area contributed by atoms with Crippen LogP contribution >= 0.6 is 0 Å². The molecule has 0 amide bonds. The summed E-state index contributed by atoms with van der Waals surface area (Å²) < 4.78 is 6.09. The van der Waals surface area contributed by atoms with Gasteiger partial charge in [0.2, 0.25) is 6.54 Å². The first-order chi connectivity index (χ1) is 21.1. The lowest BCUT2D eigenvalue weighted by molar-refractivity contribution is -0.494. The number of carboxylic acid groups (broad SMARTS) is 1. The number of fused-ring (bicyclic) bond motifs is 7. The molecule has 0 unspecified atom stereocenters. The van der Waals surface area contributed by atoms with Crippen LogP contribution in [0.2, 0.25) is 0 Å². The van der Waals surface area contributed by atoms with Gasteiger partial charge in [-0.1, -0.05) is 54.0 Å². The second-order valence-electron chi connectivity index (χ2n) is 18.1. The number of carboxylic acids is 1. The molecule has 4 fully saturated rings. The van der Waals surface area contributed by atoms with Crippen LogP contribution in [0.3, 0.4) is 0 Å². The number of hydrogen-bond donors (Lipinski definition) is 2. The van der Waals surface area contributed by atoms with Gasteiger partial charge in [0, 0.05) is 22.2 Å². The summed E-state index contributed by atoms with van der Waals surface area (Å²) in [5.74, 6) is -0.585. The predicted octanol–water partition coefficient (Wildman–Crippen LogP) is 7.02. The van der Waals surface area contributed by atoms with Crippen molar-refractivity contribution < 1.29 is 34.3 Å². The van der Waals surface area contributed by atoms with Gasteiger partial charge in [0.1, 0.15) is 12.2 Å². The number of hydrogen-bond acceptors (Lipinski definition) is 7. The maximum atomic E-state index is 13.6. The topological polar surface area (TPSA) is 144 Å². The normalized spacial score (nSPS) is 40.8. The van der Waals surface area contributed by atoms with Gasteiger partial charge in [-0.25, -0.2) is 0 Å². The minimum Gasteiger partial charge on any atom is -0.481 e. The number of ether oxygens (including phenoxy) is 1. The fourth-order valence-corrected chi connectivity index (χ4v) is 12.2. The molecule has 0 radical (unpaired) electrons. The lowest BCUT2D eigenvalue weighted by Crippen LogP contribution is -2.66. The number of carbonyl (C=O) groups is 3. The molecular weight excluding hydrogens is 586 g/mol. The minimum absolute atomic E-state index is 0.00632. The molecule has 0 saturated heterocycles. The van der Waals surface area contributed by atoms with Gasteiger partial charge in [-0.2, -0.15) is 0 Å². The molecule has 9 atom stereocenters. The summed E-state index contributed by atoms with van der Waals surface area (Å²) in [4.78, 5) is 49.4. The second-order valence-corrected chi connectivity index (χ2v) is 18.1. The number of carbonyl (C=O) groups excluding carboxylic acids is 2. The highest BCUT2D eigenvalue weighted by Gasteiger charge is 2.71. The quantitative estimate of drug-likeness (QED) is 0.163. The van der Waals surface area contributed by atoms with Gasteiger partial charge in [0.15, 0.2) is 5.78 Å². The van der Waals surface area contributed by atoms with E-state index in [1.165, 1.54) is 0 Å². The molecule has 4 saturated carbocycles. The molecule has 0 aromatic rings. The van der Waals surface area contributed by atoms with Gasteiger partial charge in [0.25, 0.3) is 0 Å². The lowest BCUT2D eigenvalue weighted by atomic mass is 9.33. The van der Waals surface area contributed by atoms with Crippen molar-refractivity contribution in [1.82, 2.24) is 0 Å². The number of Topliss-reactive ketones (excluding diaryl/α,β-unsaturated/α-hetero) is 1. The highest BCUT2D eigenvalue weighted by Crippen LogP contribution is 2.77. The molecule has 5 aliphatic carbocycles. The number of nitro groups is 1. The van der Waals surface area contributed by atoms with E-state index < -0.39 is 40.3 Å². The number of allylic oxidation sites excluding steroid dienone is 1. The largest absolute Gasteiger partial charge is 0.481 e. The maximum absolute atomic E-state index is 13.6. The molecule has 0 aliphatic heterocycles. The molecule has 9 nitrogen and oxygen atoms in total. The maximum Gasteiger partial charge on any atom is 0.309 e. The van der Waals surface area contributed by atoms with Crippen molar-refractivity contribution in [1.29, 1.82) is 0 Å². The van der Waals surface area contributed by atoms with E-state index in [1.807, 2.05) is 13.8 Å². The van der Waals surface area contributed by atoms with Gasteiger partial charge >= 0.3 is 11.9 Å². The molecule has 258 valence electrons. The van der Waals surface area contributed by atoms with Crippen LogP contribution in [0.4, 0.5) is 0 Å². The Morgan fingerprint density at radius 3 is 2.22 bits per heavy atom. The Hall–Kier alpha value is -2.29. The highest BCUT2D eigenvalue weighted by molar-refractivity contribution is 6.00. The Bertz CT molecular complexity index is 1350. The number of nitrogens with zero attached hydrogens (tertiary/aromatic N) is 1. The van der Waals surface area contributed by atoms with E-state index in [-0.39, 0.29) is 58.2 Å². The van der Waals surface area contributed by atoms with Gasteiger partial charge in [-0.3, -0.25) is 24.5 Å². The summed E-state index contributed by atoms with van der Waals surface area (Å²) in [5, 5.41) is 32.6. The molecule has 0 spiro atoms. The minimum atomic E-state index is -1.18. The summed E-state index contributed by atoms with van der Waals surface area (Å²) in [5.41, 5.74) is -0.611. The summed E-state index contributed by atoms with van der Waals surface area (Å²) in [6.07, 6.45) is 5.50. The van der Waals surface area contributed by atoms with Crippen molar-refractivity contribution in [3.05, 3.63) is 21.3 Å². The van der Waals surface area contributed by atoms with Crippen LogP contribution in [0.25, 0.3) is 0 Å². The number of aliphatic carboxylic acids is 1. The zero-order chi connectivity index (χ0) is 34.4. The lowest BCUT2D eigenvalue weighted by Gasteiger charge is -2.72. The van der Waals surface area contributed by atoms with Crippen LogP contribution in [0, 0.1) is 66.3 Å². The zero-order valence-electron chi connectivity index (χ0n) is 29.5. The van der Waals surface area contributed by atoms with E-state index in [0.717, 1.165) is 56.1 Å². The fraction of sp³-hybridized carbons (Fsp3) is 0.865. The Balaban J connectivity index is 1.47. The third-order valence-corrected chi connectivity index (χ3v) is 14.8. The van der Waals surface area contributed by atoms with Gasteiger partial charge < -0.3 is 14.9 Å². The van der Waals surface area contributed by atoms with Gasteiger partial charge in [0.05, 0.1) is 11.8 Å². The van der Waals surface area contributed by atoms with Crippen LogP contribution in [-0.4, -0.2) is 51.6 Å². The first kappa shape index (κ1) is 35.0. The van der Waals surface area contributed by atoms with E-state index in [4.69, 9.17) is 4.74 Å². The SMILES string of the molecule is CC(C)C1=C2[C@H]3CC[C@@H]4[C@@]5(C)CC[C@H](OC(=O)CC(C)(C)C(=O)O)C(C)(C)[C@@H]5CC[C@@]4(C)[C@]3(C)CC[C@@]2([C@@H](O)C[N+](=O)[O-])CC1=O. The third kappa shape index (κ3) is 4.91. The van der Waals surface area contributed by atoms with Crippen molar-refractivity contribution in [2.24, 2.45) is 56.2 Å². The molecule has 46 heavy (non-hydrogen) atoms. The smallest absolute Gasteiger partial charge is 0.309 e. The summed E-state index contributed by atoms with van der Waals surface area (Å²) in [7, 11) is 0. The Labute approximate surface area is 274 Å². The zero-order valence-corrected chi connectivity index (χ0v) is 29.5. The molecule has 5 rings (SSSR count). The van der Waals surface area contributed by atoms with Crippen molar-refractivity contribution in [2.45, 2.75) is 139 Å². The average molecular weight is 644 g/mol. The fourth-order valence-electron chi connectivity index (χ4n) is 12.2. The predicted molar refractivity (Wildman–Crippen MR) is 173 cm³/mol. The van der Waals surface area contributed by atoms with Crippen LogP contribution < -0.4 is 0 Å². The molecule has 5 aliphatic rings. The second kappa shape index (κ2) is 11.1. The first-order valence-electron chi connectivity index (χ1n) is 17.6. The summed E-state index contributed by atoms with van der Waals surface area (Å²) in [6, 6.07) is 0.